The van der Waals surface area contributed by atoms with E-state index < -0.39 is 0 Å². The van der Waals surface area contributed by atoms with Gasteiger partial charge in [-0.1, -0.05) is 35.4 Å². The first-order valence-electron chi connectivity index (χ1n) is 8.42. The van der Waals surface area contributed by atoms with Crippen molar-refractivity contribution in [1.82, 2.24) is 0 Å². The summed E-state index contributed by atoms with van der Waals surface area (Å²) in [5.41, 5.74) is 5.01. The number of para-hydroxylation sites is 1. The van der Waals surface area contributed by atoms with Gasteiger partial charge >= 0.3 is 0 Å². The molecule has 2 rings (SSSR count). The average molecular weight is 325 g/mol. The molecule has 0 radical (unpaired) electrons. The van der Waals surface area contributed by atoms with Crippen molar-refractivity contribution in [2.45, 2.75) is 47.0 Å². The molecular weight excluding hydrogens is 298 g/mol. The van der Waals surface area contributed by atoms with E-state index in [9.17, 15) is 5.21 Å². The molecule has 0 aliphatic heterocycles. The minimum atomic E-state index is 0.653. The summed E-state index contributed by atoms with van der Waals surface area (Å²) in [6, 6.07) is 7.59. The summed E-state index contributed by atoms with van der Waals surface area (Å²) in [7, 11) is 1.67. The van der Waals surface area contributed by atoms with Crippen LogP contribution in [0.1, 0.15) is 44.9 Å². The van der Waals surface area contributed by atoms with Crippen LogP contribution < -0.4 is 9.47 Å². The van der Waals surface area contributed by atoms with Gasteiger partial charge in [0.25, 0.3) is 0 Å². The van der Waals surface area contributed by atoms with Crippen molar-refractivity contribution < 1.29 is 9.47 Å². The Kier molecular flexibility index (Phi) is 6.02. The van der Waals surface area contributed by atoms with Crippen LogP contribution in [0.5, 0.6) is 5.75 Å². The van der Waals surface area contributed by atoms with Gasteiger partial charge in [0.15, 0.2) is 5.69 Å². The van der Waals surface area contributed by atoms with E-state index in [4.69, 9.17) is 4.74 Å². The lowest BCUT2D eigenvalue weighted by Crippen LogP contribution is -2.32. The van der Waals surface area contributed by atoms with E-state index in [2.05, 4.69) is 32.9 Å². The molecule has 3 nitrogen and oxygen atoms in total. The van der Waals surface area contributed by atoms with Gasteiger partial charge in [-0.15, -0.1) is 0 Å². The molecule has 1 aromatic carbocycles. The number of pyridine rings is 1. The maximum atomic E-state index is 12.5. The van der Waals surface area contributed by atoms with Crippen molar-refractivity contribution >= 4 is 10.9 Å². The zero-order chi connectivity index (χ0) is 17.7. The van der Waals surface area contributed by atoms with Crippen LogP contribution in [0.3, 0.4) is 0 Å². The summed E-state index contributed by atoms with van der Waals surface area (Å²) in [6.07, 6.45) is 7.27. The number of rotatable bonds is 6. The summed E-state index contributed by atoms with van der Waals surface area (Å²) in [6.45, 7) is 8.25. The van der Waals surface area contributed by atoms with Crippen LogP contribution in [0.15, 0.2) is 47.6 Å². The van der Waals surface area contributed by atoms with Crippen molar-refractivity contribution in [3.63, 3.8) is 0 Å². The van der Waals surface area contributed by atoms with Gasteiger partial charge in [0.05, 0.1) is 18.1 Å². The Balaban J connectivity index is 2.35. The van der Waals surface area contributed by atoms with Crippen molar-refractivity contribution in [3.05, 3.63) is 64.0 Å². The van der Waals surface area contributed by atoms with E-state index >= 15 is 0 Å². The molecule has 0 saturated carbocycles. The predicted octanol–water partition coefficient (Wildman–Crippen LogP) is 5.03. The first-order valence-corrected chi connectivity index (χ1v) is 8.42. The quantitative estimate of drug-likeness (QED) is 0.424. The van der Waals surface area contributed by atoms with Gasteiger partial charge in [-0.3, -0.25) is 0 Å². The van der Waals surface area contributed by atoms with Crippen LogP contribution in [0.4, 0.5) is 0 Å². The van der Waals surface area contributed by atoms with E-state index in [1.54, 1.807) is 7.11 Å². The molecule has 1 heterocycles. The van der Waals surface area contributed by atoms with Gasteiger partial charge in [0, 0.05) is 19.4 Å². The third-order valence-corrected chi connectivity index (χ3v) is 4.33. The maximum absolute atomic E-state index is 12.5. The Bertz CT molecular complexity index is 784. The van der Waals surface area contributed by atoms with Crippen molar-refractivity contribution in [2.75, 3.05) is 7.11 Å². The van der Waals surface area contributed by atoms with Gasteiger partial charge in [-0.05, 0) is 39.7 Å². The molecule has 3 heteroatoms. The van der Waals surface area contributed by atoms with Crippen molar-refractivity contribution in [1.29, 1.82) is 0 Å². The number of ether oxygens (including phenoxy) is 1. The fourth-order valence-corrected chi connectivity index (χ4v) is 2.91. The van der Waals surface area contributed by atoms with E-state index in [0.717, 1.165) is 34.3 Å². The third-order valence-electron chi connectivity index (χ3n) is 4.33. The molecule has 0 atom stereocenters. The van der Waals surface area contributed by atoms with E-state index in [1.807, 2.05) is 31.2 Å². The first-order chi connectivity index (χ1) is 11.5. The molecular formula is C21H27NO2. The predicted molar refractivity (Wildman–Crippen MR) is 100 cm³/mol. The Morgan fingerprint density at radius 1 is 1.17 bits per heavy atom. The summed E-state index contributed by atoms with van der Waals surface area (Å²) in [5, 5.41) is 13.4. The van der Waals surface area contributed by atoms with Crippen LogP contribution >= 0.6 is 0 Å². The molecule has 0 unspecified atom stereocenters. The molecule has 0 fully saturated rings. The zero-order valence-corrected chi connectivity index (χ0v) is 15.3. The highest BCUT2D eigenvalue weighted by Gasteiger charge is 2.19. The van der Waals surface area contributed by atoms with E-state index in [0.29, 0.717) is 17.6 Å². The number of methoxy groups -OCH3 is 1. The summed E-state index contributed by atoms with van der Waals surface area (Å²) in [4.78, 5) is 0. The monoisotopic (exact) mass is 325 g/mol. The number of hydrogen-bond acceptors (Lipinski definition) is 2. The number of nitrogens with zero attached hydrogens (tertiary/aromatic N) is 1. The summed E-state index contributed by atoms with van der Waals surface area (Å²) < 4.78 is 6.66. The number of fused-ring (bicyclic) bond motifs is 1. The van der Waals surface area contributed by atoms with Gasteiger partial charge in [-0.25, -0.2) is 0 Å². The molecule has 0 saturated heterocycles. The molecule has 0 amide bonds. The van der Waals surface area contributed by atoms with Gasteiger partial charge in [0.1, 0.15) is 5.75 Å². The topological polar surface area (TPSA) is 36.2 Å². The fourth-order valence-electron chi connectivity index (χ4n) is 2.91. The second kappa shape index (κ2) is 8.00. The van der Waals surface area contributed by atoms with Crippen LogP contribution in [0.25, 0.3) is 10.9 Å². The van der Waals surface area contributed by atoms with Crippen molar-refractivity contribution in [2.24, 2.45) is 0 Å². The highest BCUT2D eigenvalue weighted by atomic mass is 16.5. The largest absolute Gasteiger partial charge is 0.618 e. The Morgan fingerprint density at radius 2 is 1.88 bits per heavy atom. The smallest absolute Gasteiger partial charge is 0.227 e. The zero-order valence-electron chi connectivity index (χ0n) is 15.3. The van der Waals surface area contributed by atoms with Gasteiger partial charge < -0.3 is 9.94 Å². The third kappa shape index (κ3) is 3.97. The number of aromatic nitrogens is 1. The van der Waals surface area contributed by atoms with Gasteiger partial charge in [0.2, 0.25) is 5.52 Å². The first kappa shape index (κ1) is 18.1. The summed E-state index contributed by atoms with van der Waals surface area (Å²) >= 11 is 0. The van der Waals surface area contributed by atoms with Crippen molar-refractivity contribution in [3.8, 4) is 5.75 Å². The molecule has 1 aromatic heterocycles. The lowest BCUT2D eigenvalue weighted by Gasteiger charge is -2.14. The Labute approximate surface area is 144 Å². The molecule has 0 aliphatic rings. The molecule has 0 spiro atoms. The lowest BCUT2D eigenvalue weighted by molar-refractivity contribution is -0.584. The second-order valence-electron chi connectivity index (χ2n) is 6.48. The normalized spacial score (nSPS) is 11.6. The van der Waals surface area contributed by atoms with Crippen LogP contribution in [0, 0.1) is 12.1 Å². The fraction of sp³-hybridized carbons (Fsp3) is 0.381. The number of benzene rings is 1. The Hall–Kier alpha value is -2.29. The summed E-state index contributed by atoms with van der Waals surface area (Å²) in [5.74, 6) is 0.809. The average Bonchev–Trinajstić information content (AvgIpc) is 2.56. The number of allylic oxidation sites excluding steroid dienone is 4. The molecule has 0 N–H and O–H groups in total. The highest BCUT2D eigenvalue weighted by molar-refractivity contribution is 5.84. The number of hydrogen-bond donors (Lipinski definition) is 0. The standard InChI is InChI=1S/C21H27NO2/c1-15(2)9-8-10-16(3)13-14-18-17(4)22(23)20-12-7-6-11-19(20)21(18)24-5/h6-7,9,11-13H,8,10,14H2,1-5H3/b16-13+. The van der Waals surface area contributed by atoms with Crippen LogP contribution in [0.2, 0.25) is 0 Å². The minimum Gasteiger partial charge on any atom is -0.618 e. The highest BCUT2D eigenvalue weighted by Crippen LogP contribution is 2.30. The minimum absolute atomic E-state index is 0.653. The SMILES string of the molecule is COc1c(C/C=C(\C)CCC=C(C)C)c(C)[n+]([O-])c2ccccc12. The molecule has 128 valence electrons. The molecule has 24 heavy (non-hydrogen) atoms. The molecule has 0 bridgehead atoms. The second-order valence-corrected chi connectivity index (χ2v) is 6.48. The van der Waals surface area contributed by atoms with Crippen LogP contribution in [-0.2, 0) is 6.42 Å². The maximum Gasteiger partial charge on any atom is 0.227 e. The lowest BCUT2D eigenvalue weighted by atomic mass is 10.0. The molecule has 0 aliphatic carbocycles. The Morgan fingerprint density at radius 3 is 2.54 bits per heavy atom. The van der Waals surface area contributed by atoms with E-state index in [-0.39, 0.29) is 0 Å². The van der Waals surface area contributed by atoms with E-state index in [1.165, 1.54) is 11.1 Å². The van der Waals surface area contributed by atoms with Crippen LogP contribution in [-0.4, -0.2) is 7.11 Å². The molecule has 2 aromatic rings. The van der Waals surface area contributed by atoms with Gasteiger partial charge in [-0.2, -0.15) is 4.73 Å².